The van der Waals surface area contributed by atoms with Crippen molar-refractivity contribution in [1.29, 1.82) is 0 Å². The lowest BCUT2D eigenvalue weighted by molar-refractivity contribution is 0.0945. The van der Waals surface area contributed by atoms with Crippen molar-refractivity contribution in [2.75, 3.05) is 0 Å². The molecule has 1 amide bonds. The zero-order valence-electron chi connectivity index (χ0n) is 16.5. The van der Waals surface area contributed by atoms with Gasteiger partial charge in [0.2, 0.25) is 0 Å². The van der Waals surface area contributed by atoms with Gasteiger partial charge in [-0.05, 0) is 32.0 Å². The minimum absolute atomic E-state index is 0.229. The summed E-state index contributed by atoms with van der Waals surface area (Å²) in [6.45, 7) is 4.23. The molecular weight excluding hydrogens is 366 g/mol. The SMILES string of the molecule is Cc1nn(-c2ccccc2)c(C)c1CNC(=O)c1nn(C)c(=O)c2ccccc12. The van der Waals surface area contributed by atoms with Gasteiger partial charge in [-0.2, -0.15) is 10.2 Å². The van der Waals surface area contributed by atoms with Gasteiger partial charge in [-0.1, -0.05) is 36.4 Å². The van der Waals surface area contributed by atoms with Gasteiger partial charge in [0.1, 0.15) is 0 Å². The minimum Gasteiger partial charge on any atom is -0.346 e. The van der Waals surface area contributed by atoms with E-state index >= 15 is 0 Å². The van der Waals surface area contributed by atoms with E-state index in [2.05, 4.69) is 15.5 Å². The third-order valence-corrected chi connectivity index (χ3v) is 5.04. The van der Waals surface area contributed by atoms with Crippen LogP contribution in [-0.2, 0) is 13.6 Å². The number of carbonyl (C=O) groups excluding carboxylic acids is 1. The van der Waals surface area contributed by atoms with Gasteiger partial charge in [-0.25, -0.2) is 9.36 Å². The maximum absolute atomic E-state index is 12.9. The zero-order chi connectivity index (χ0) is 20.5. The molecule has 0 aliphatic heterocycles. The Labute approximate surface area is 167 Å². The fourth-order valence-corrected chi connectivity index (χ4v) is 3.47. The summed E-state index contributed by atoms with van der Waals surface area (Å²) in [7, 11) is 1.55. The van der Waals surface area contributed by atoms with Gasteiger partial charge in [-0.3, -0.25) is 9.59 Å². The Hall–Kier alpha value is -3.74. The molecule has 0 aliphatic rings. The first-order valence-electron chi connectivity index (χ1n) is 9.32. The lowest BCUT2D eigenvalue weighted by Crippen LogP contribution is -2.29. The normalized spacial score (nSPS) is 11.0. The van der Waals surface area contributed by atoms with E-state index in [-0.39, 0.29) is 17.2 Å². The number of aromatic nitrogens is 4. The monoisotopic (exact) mass is 387 g/mol. The first kappa shape index (κ1) is 18.6. The lowest BCUT2D eigenvalue weighted by atomic mass is 10.1. The van der Waals surface area contributed by atoms with Crippen LogP contribution in [0.15, 0.2) is 59.4 Å². The molecule has 0 unspecified atom stereocenters. The number of amides is 1. The maximum Gasteiger partial charge on any atom is 0.274 e. The van der Waals surface area contributed by atoms with Crippen LogP contribution in [0.4, 0.5) is 0 Å². The van der Waals surface area contributed by atoms with Crippen LogP contribution in [0.5, 0.6) is 0 Å². The van der Waals surface area contributed by atoms with Gasteiger partial charge in [0.25, 0.3) is 11.5 Å². The molecule has 2 aromatic heterocycles. The van der Waals surface area contributed by atoms with E-state index < -0.39 is 0 Å². The highest BCUT2D eigenvalue weighted by molar-refractivity contribution is 6.04. The average molecular weight is 387 g/mol. The second kappa shape index (κ2) is 7.35. The fourth-order valence-electron chi connectivity index (χ4n) is 3.47. The first-order valence-corrected chi connectivity index (χ1v) is 9.32. The summed E-state index contributed by atoms with van der Waals surface area (Å²) in [5.74, 6) is -0.330. The lowest BCUT2D eigenvalue weighted by Gasteiger charge is -2.09. The number of nitrogens with zero attached hydrogens (tertiary/aromatic N) is 4. The first-order chi connectivity index (χ1) is 14.0. The summed E-state index contributed by atoms with van der Waals surface area (Å²) in [6, 6.07) is 16.9. The Morgan fingerprint density at radius 2 is 1.62 bits per heavy atom. The zero-order valence-corrected chi connectivity index (χ0v) is 16.5. The fraction of sp³-hybridized carbons (Fsp3) is 0.182. The molecule has 2 aromatic carbocycles. The number of carbonyl (C=O) groups is 1. The average Bonchev–Trinajstić information content (AvgIpc) is 3.03. The Bertz CT molecular complexity index is 1270. The standard InChI is InChI=1S/C22H21N5O2/c1-14-19(15(2)27(24-14)16-9-5-4-6-10-16)13-23-21(28)20-17-11-7-8-12-18(17)22(29)26(3)25-20/h4-12H,13H2,1-3H3,(H,23,28). The second-order valence-electron chi connectivity index (χ2n) is 6.90. The second-order valence-corrected chi connectivity index (χ2v) is 6.90. The Morgan fingerprint density at radius 1 is 0.966 bits per heavy atom. The van der Waals surface area contributed by atoms with Crippen molar-refractivity contribution in [2.45, 2.75) is 20.4 Å². The number of aryl methyl sites for hydroxylation is 2. The minimum atomic E-state index is -0.330. The van der Waals surface area contributed by atoms with Crippen LogP contribution in [0.1, 0.15) is 27.4 Å². The molecule has 0 saturated carbocycles. The van der Waals surface area contributed by atoms with Gasteiger partial charge in [0.05, 0.1) is 16.8 Å². The van der Waals surface area contributed by atoms with E-state index in [0.717, 1.165) is 22.6 Å². The molecular formula is C22H21N5O2. The topological polar surface area (TPSA) is 81.8 Å². The number of rotatable bonds is 4. The van der Waals surface area contributed by atoms with Crippen LogP contribution in [-0.4, -0.2) is 25.5 Å². The molecule has 0 aliphatic carbocycles. The predicted octanol–water partition coefficient (Wildman–Crippen LogP) is 2.67. The molecule has 7 nitrogen and oxygen atoms in total. The summed E-state index contributed by atoms with van der Waals surface area (Å²) in [5.41, 5.74) is 3.74. The van der Waals surface area contributed by atoms with Crippen LogP contribution in [0, 0.1) is 13.8 Å². The molecule has 0 radical (unpaired) electrons. The van der Waals surface area contributed by atoms with E-state index in [4.69, 9.17) is 0 Å². The van der Waals surface area contributed by atoms with Crippen molar-refractivity contribution in [3.63, 3.8) is 0 Å². The van der Waals surface area contributed by atoms with Gasteiger partial charge >= 0.3 is 0 Å². The molecule has 7 heteroatoms. The third-order valence-electron chi connectivity index (χ3n) is 5.04. The van der Waals surface area contributed by atoms with Gasteiger partial charge < -0.3 is 5.32 Å². The van der Waals surface area contributed by atoms with Gasteiger partial charge in [0.15, 0.2) is 5.69 Å². The van der Waals surface area contributed by atoms with E-state index in [9.17, 15) is 9.59 Å². The van der Waals surface area contributed by atoms with Crippen molar-refractivity contribution in [3.05, 3.63) is 87.6 Å². The third kappa shape index (κ3) is 3.31. The number of hydrogen-bond donors (Lipinski definition) is 1. The molecule has 1 N–H and O–H groups in total. The maximum atomic E-state index is 12.9. The molecule has 4 rings (SSSR count). The molecule has 0 saturated heterocycles. The quantitative estimate of drug-likeness (QED) is 0.584. The van der Waals surface area contributed by atoms with Gasteiger partial charge in [-0.15, -0.1) is 0 Å². The number of benzene rings is 2. The molecule has 0 bridgehead atoms. The molecule has 0 spiro atoms. The van der Waals surface area contributed by atoms with Crippen molar-refractivity contribution in [3.8, 4) is 5.69 Å². The van der Waals surface area contributed by atoms with E-state index in [1.807, 2.05) is 48.9 Å². The van der Waals surface area contributed by atoms with Crippen LogP contribution in [0.2, 0.25) is 0 Å². The molecule has 146 valence electrons. The van der Waals surface area contributed by atoms with Crippen LogP contribution in [0.25, 0.3) is 16.5 Å². The number of para-hydroxylation sites is 1. The highest BCUT2D eigenvalue weighted by atomic mass is 16.2. The van der Waals surface area contributed by atoms with Crippen molar-refractivity contribution in [2.24, 2.45) is 7.05 Å². The van der Waals surface area contributed by atoms with E-state index in [1.165, 1.54) is 4.68 Å². The Balaban J connectivity index is 1.64. The Kier molecular flexibility index (Phi) is 4.72. The predicted molar refractivity (Wildman–Crippen MR) is 111 cm³/mol. The molecule has 29 heavy (non-hydrogen) atoms. The van der Waals surface area contributed by atoms with E-state index in [0.29, 0.717) is 17.3 Å². The molecule has 4 aromatic rings. The highest BCUT2D eigenvalue weighted by Crippen LogP contribution is 2.18. The summed E-state index contributed by atoms with van der Waals surface area (Å²) < 4.78 is 3.07. The smallest absolute Gasteiger partial charge is 0.274 e. The molecule has 0 atom stereocenters. The number of nitrogens with one attached hydrogen (secondary N) is 1. The molecule has 2 heterocycles. The van der Waals surface area contributed by atoms with Crippen molar-refractivity contribution in [1.82, 2.24) is 24.9 Å². The number of hydrogen-bond acceptors (Lipinski definition) is 4. The molecule has 0 fully saturated rings. The summed E-state index contributed by atoms with van der Waals surface area (Å²) >= 11 is 0. The van der Waals surface area contributed by atoms with Gasteiger partial charge in [0, 0.05) is 30.2 Å². The van der Waals surface area contributed by atoms with Crippen LogP contribution < -0.4 is 10.9 Å². The van der Waals surface area contributed by atoms with Crippen LogP contribution in [0.3, 0.4) is 0 Å². The van der Waals surface area contributed by atoms with E-state index in [1.54, 1.807) is 31.3 Å². The van der Waals surface area contributed by atoms with Crippen molar-refractivity contribution >= 4 is 16.7 Å². The number of fused-ring (bicyclic) bond motifs is 1. The summed E-state index contributed by atoms with van der Waals surface area (Å²) in [4.78, 5) is 25.1. The summed E-state index contributed by atoms with van der Waals surface area (Å²) in [5, 5.41) is 12.7. The Morgan fingerprint density at radius 3 is 2.34 bits per heavy atom. The largest absolute Gasteiger partial charge is 0.346 e. The summed E-state index contributed by atoms with van der Waals surface area (Å²) in [6.07, 6.45) is 0. The van der Waals surface area contributed by atoms with Crippen molar-refractivity contribution < 1.29 is 4.79 Å². The highest BCUT2D eigenvalue weighted by Gasteiger charge is 2.18. The van der Waals surface area contributed by atoms with Crippen LogP contribution >= 0.6 is 0 Å².